The first-order chi connectivity index (χ1) is 10.6. The first kappa shape index (κ1) is 35.3. The van der Waals surface area contributed by atoms with E-state index in [0.717, 1.165) is 18.3 Å². The molecule has 148 valence electrons. The van der Waals surface area contributed by atoms with Crippen molar-refractivity contribution in [1.29, 1.82) is 0 Å². The van der Waals surface area contributed by atoms with Gasteiger partial charge >= 0.3 is 38.6 Å². The molecule has 0 aliphatic heterocycles. The van der Waals surface area contributed by atoms with Crippen molar-refractivity contribution in [3.63, 3.8) is 0 Å². The van der Waals surface area contributed by atoms with Gasteiger partial charge in [0.25, 0.3) is 0 Å². The van der Waals surface area contributed by atoms with Crippen LogP contribution in [0.25, 0.3) is 0 Å². The number of aromatic carboxylic acids is 1. The summed E-state index contributed by atoms with van der Waals surface area (Å²) >= 11 is 0. The summed E-state index contributed by atoms with van der Waals surface area (Å²) in [7, 11) is 0. The van der Waals surface area contributed by atoms with E-state index in [0.29, 0.717) is 0 Å². The molecule has 0 aromatic carbocycles. The first-order valence-corrected chi connectivity index (χ1v) is 6.25. The molecule has 0 aliphatic rings. The Hall–Kier alpha value is -1.82. The van der Waals surface area contributed by atoms with Crippen molar-refractivity contribution in [2.24, 2.45) is 0 Å². The molecule has 0 unspecified atom stereocenters. The molecule has 10 nitrogen and oxygen atoms in total. The first-order valence-electron chi connectivity index (χ1n) is 6.25. The van der Waals surface area contributed by atoms with E-state index in [1.54, 1.807) is 0 Å². The summed E-state index contributed by atoms with van der Waals surface area (Å²) in [4.78, 5) is 36.9. The maximum Gasteiger partial charge on any atom is 3.00 e. The van der Waals surface area contributed by atoms with Gasteiger partial charge in [-0.15, -0.1) is 11.5 Å². The number of hydrogen-bond donors (Lipinski definition) is 0. The molecule has 0 atom stereocenters. The summed E-state index contributed by atoms with van der Waals surface area (Å²) in [6, 6.07) is 0. The Morgan fingerprint density at radius 3 is 1.35 bits per heavy atom. The molecule has 1 heterocycles. The van der Waals surface area contributed by atoms with Gasteiger partial charge in [-0.25, -0.2) is 0 Å². The Morgan fingerprint density at radius 1 is 0.846 bits per heavy atom. The minimum absolute atomic E-state index is 0. The zero-order valence-corrected chi connectivity index (χ0v) is 16.9. The second-order valence-electron chi connectivity index (χ2n) is 4.11. The third kappa shape index (κ3) is 30.1. The molecule has 0 radical (unpaired) electrons. The monoisotopic (exact) mass is 518 g/mol. The van der Waals surface area contributed by atoms with Crippen molar-refractivity contribution in [3.8, 4) is 0 Å². The van der Waals surface area contributed by atoms with Crippen LogP contribution in [0.3, 0.4) is 0 Å². The Labute approximate surface area is 181 Å². The van der Waals surface area contributed by atoms with Gasteiger partial charge < -0.3 is 31.1 Å². The number of carbonyl (C=O) groups excluding carboxylic acids is 3. The summed E-state index contributed by atoms with van der Waals surface area (Å²) in [5, 5.41) is 29.9. The molecule has 0 fully saturated rings. The number of rotatable bonds is 3. The maximum atomic E-state index is 9.99. The van der Waals surface area contributed by atoms with Crippen molar-refractivity contribution < 1.29 is 79.3 Å². The molecule has 1 aromatic heterocycles. The van der Waals surface area contributed by atoms with Crippen LogP contribution >= 0.6 is 0 Å². The number of aromatic nitrogens is 2. The molecule has 0 amide bonds. The van der Waals surface area contributed by atoms with Crippen LogP contribution in [0.5, 0.6) is 0 Å². The predicted molar refractivity (Wildman–Crippen MR) is 85.0 cm³/mol. The van der Waals surface area contributed by atoms with Crippen molar-refractivity contribution in [3.05, 3.63) is 48.0 Å². The number of carboxylic acids is 1. The SMILES string of the molecule is CC(=O)/C=C(/C)[O-].CC(=O)/C=C(/C)[O-].O=C([O-])c1cnccn1.[OH3+].[OH3+].[Tb+3]. The molecule has 26 heavy (non-hydrogen) atoms. The largest absolute Gasteiger partial charge is 3.00 e. The van der Waals surface area contributed by atoms with Crippen molar-refractivity contribution >= 4 is 17.5 Å². The van der Waals surface area contributed by atoms with E-state index in [-0.39, 0.29) is 78.3 Å². The Morgan fingerprint density at radius 2 is 1.23 bits per heavy atom. The van der Waals surface area contributed by atoms with Gasteiger partial charge in [0, 0.05) is 12.4 Å². The summed E-state index contributed by atoms with van der Waals surface area (Å²) in [6.45, 7) is 5.39. The van der Waals surface area contributed by atoms with Gasteiger partial charge in [-0.3, -0.25) is 19.6 Å². The molecule has 0 spiro atoms. The van der Waals surface area contributed by atoms with E-state index >= 15 is 0 Å². The second-order valence-corrected chi connectivity index (χ2v) is 4.11. The average molecular weight is 518 g/mol. The molecule has 6 N–H and O–H groups in total. The maximum absolute atomic E-state index is 9.99. The Kier molecular flexibility index (Phi) is 28.8. The van der Waals surface area contributed by atoms with Crippen LogP contribution in [0.2, 0.25) is 0 Å². The number of carboxylic acid groups (broad SMARTS) is 1. The molecule has 0 saturated carbocycles. The molecule has 0 aliphatic carbocycles. The standard InChI is InChI=1S/C5H4N2O2.2C5H8O2.2H2O.Tb/c8-5(9)4-3-6-1-2-7-4;2*1-4(6)3-5(2)7;;;/h1-3H,(H,8,9);2*3,6H,1-2H3;2*1H2;/q;;;;;+3/p-1/b;2*4-3-;;;. The van der Waals surface area contributed by atoms with Crippen molar-refractivity contribution in [2.45, 2.75) is 27.7 Å². The van der Waals surface area contributed by atoms with Crippen LogP contribution < -0.4 is 15.3 Å². The number of allylic oxidation sites excluding steroid dienone is 4. The summed E-state index contributed by atoms with van der Waals surface area (Å²) in [5.74, 6) is -2.05. The van der Waals surface area contributed by atoms with Gasteiger partial charge in [0.1, 0.15) is 5.69 Å². The van der Waals surface area contributed by atoms with E-state index in [9.17, 15) is 29.7 Å². The third-order valence-corrected chi connectivity index (χ3v) is 1.59. The third-order valence-electron chi connectivity index (χ3n) is 1.59. The summed E-state index contributed by atoms with van der Waals surface area (Å²) in [6.07, 6.45) is 5.94. The zero-order valence-electron chi connectivity index (χ0n) is 14.7. The van der Waals surface area contributed by atoms with E-state index in [1.807, 2.05) is 0 Å². The second kappa shape index (κ2) is 21.2. The summed E-state index contributed by atoms with van der Waals surface area (Å²) in [5.41, 5.74) is -0.141. The predicted octanol–water partition coefficient (Wildman–Crippen LogP) is -3.32. The van der Waals surface area contributed by atoms with E-state index < -0.39 is 5.97 Å². The van der Waals surface area contributed by atoms with E-state index in [2.05, 4.69) is 9.97 Å². The van der Waals surface area contributed by atoms with Crippen LogP contribution in [0.15, 0.2) is 42.3 Å². The topological polar surface area (TPSA) is 212 Å². The molecule has 0 saturated heterocycles. The zero-order chi connectivity index (χ0) is 18.4. The number of carbonyl (C=O) groups is 3. The fraction of sp³-hybridized carbons (Fsp3) is 0.267. The smallest absolute Gasteiger partial charge is 0.876 e. The van der Waals surface area contributed by atoms with Crippen LogP contribution in [0.1, 0.15) is 38.2 Å². The van der Waals surface area contributed by atoms with Crippen LogP contribution in [-0.2, 0) is 20.5 Å². The van der Waals surface area contributed by atoms with Gasteiger partial charge in [0.2, 0.25) is 0 Å². The van der Waals surface area contributed by atoms with Gasteiger partial charge in [-0.1, -0.05) is 13.8 Å². The fourth-order valence-electron chi connectivity index (χ4n) is 0.977. The van der Waals surface area contributed by atoms with Gasteiger partial charge in [0.05, 0.1) is 12.2 Å². The Balaban J connectivity index is -0.0000000813. The summed E-state index contributed by atoms with van der Waals surface area (Å²) < 4.78 is 0. The number of nitrogens with zero attached hydrogens (tertiary/aromatic N) is 2. The number of ketones is 2. The minimum atomic E-state index is -1.30. The fourth-order valence-corrected chi connectivity index (χ4v) is 0.977. The van der Waals surface area contributed by atoms with Crippen molar-refractivity contribution in [2.75, 3.05) is 0 Å². The minimum Gasteiger partial charge on any atom is -0.876 e. The average Bonchev–Trinajstić information content (AvgIpc) is 2.37. The number of hydrogen-bond acceptors (Lipinski definition) is 8. The Bertz CT molecular complexity index is 553. The van der Waals surface area contributed by atoms with Crippen LogP contribution in [0.4, 0.5) is 0 Å². The van der Waals surface area contributed by atoms with Crippen LogP contribution in [0, 0.1) is 38.6 Å². The van der Waals surface area contributed by atoms with Gasteiger partial charge in [-0.05, 0) is 26.0 Å². The molecule has 0 bridgehead atoms. The molecule has 1 aromatic rings. The van der Waals surface area contributed by atoms with Gasteiger partial charge in [-0.2, -0.15) is 0 Å². The molecule has 1 rings (SSSR count). The van der Waals surface area contributed by atoms with E-state index in [4.69, 9.17) is 0 Å². The van der Waals surface area contributed by atoms with Crippen molar-refractivity contribution in [1.82, 2.24) is 9.97 Å². The van der Waals surface area contributed by atoms with Gasteiger partial charge in [0.15, 0.2) is 11.6 Å². The quantitative estimate of drug-likeness (QED) is 0.224. The van der Waals surface area contributed by atoms with E-state index in [1.165, 1.54) is 40.1 Å². The molecular weight excluding hydrogens is 495 g/mol. The molecule has 11 heteroatoms. The molecular formula is C15H23N2O8Tb+2. The van der Waals surface area contributed by atoms with Crippen LogP contribution in [-0.4, -0.2) is 27.5 Å². The normalized spacial score (nSPS) is 9.23.